The number of hydrogen-bond acceptors (Lipinski definition) is 9. The molecule has 2 aliphatic carbocycles. The Labute approximate surface area is 184 Å². The summed E-state index contributed by atoms with van der Waals surface area (Å²) in [6, 6.07) is 7.93. The van der Waals surface area contributed by atoms with Gasteiger partial charge in [0.2, 0.25) is 5.95 Å². The van der Waals surface area contributed by atoms with E-state index in [2.05, 4.69) is 10.6 Å². The molecular formula is C22H27N5O3S. The minimum atomic E-state index is -0.987. The van der Waals surface area contributed by atoms with Crippen LogP contribution in [0.4, 0.5) is 11.8 Å². The molecule has 1 aromatic carbocycles. The van der Waals surface area contributed by atoms with Crippen molar-refractivity contribution in [2.45, 2.75) is 56.9 Å². The maximum Gasteiger partial charge on any atom is 0.225 e. The van der Waals surface area contributed by atoms with Crippen LogP contribution in [0.25, 0.3) is 20.8 Å². The minimum Gasteiger partial charge on any atom is -0.396 e. The lowest BCUT2D eigenvalue weighted by Gasteiger charge is -2.27. The van der Waals surface area contributed by atoms with Crippen molar-refractivity contribution in [3.05, 3.63) is 30.0 Å². The number of aliphatic hydroxyl groups excluding tert-OH is 3. The Balaban J connectivity index is 1.54. The summed E-state index contributed by atoms with van der Waals surface area (Å²) in [6.07, 6.45) is 1.92. The lowest BCUT2D eigenvalue weighted by molar-refractivity contribution is 0.00446. The molecule has 0 radical (unpaired) electrons. The smallest absolute Gasteiger partial charge is 0.225 e. The third-order valence-electron chi connectivity index (χ3n) is 6.39. The molecule has 2 heterocycles. The Hall–Kier alpha value is -2.33. The van der Waals surface area contributed by atoms with Gasteiger partial charge in [-0.25, -0.2) is 9.97 Å². The first-order valence-corrected chi connectivity index (χ1v) is 11.6. The van der Waals surface area contributed by atoms with Gasteiger partial charge in [0.15, 0.2) is 0 Å². The highest BCUT2D eigenvalue weighted by molar-refractivity contribution is 7.21. The van der Waals surface area contributed by atoms with Gasteiger partial charge in [0, 0.05) is 18.6 Å². The summed E-state index contributed by atoms with van der Waals surface area (Å²) in [5.41, 5.74) is 2.51. The zero-order valence-corrected chi connectivity index (χ0v) is 18.1. The van der Waals surface area contributed by atoms with Crippen molar-refractivity contribution in [1.29, 1.82) is 0 Å². The van der Waals surface area contributed by atoms with Gasteiger partial charge < -0.3 is 26.0 Å². The average molecular weight is 442 g/mol. The van der Waals surface area contributed by atoms with Gasteiger partial charge in [0.25, 0.3) is 0 Å². The summed E-state index contributed by atoms with van der Waals surface area (Å²) in [6.45, 7) is 1.77. The summed E-state index contributed by atoms with van der Waals surface area (Å²) in [5, 5.41) is 37.9. The topological polar surface area (TPSA) is 123 Å². The molecule has 2 saturated carbocycles. The second-order valence-corrected chi connectivity index (χ2v) is 9.56. The number of aryl methyl sites for hydroxylation is 1. The molecule has 31 heavy (non-hydrogen) atoms. The van der Waals surface area contributed by atoms with Crippen LogP contribution in [0, 0.1) is 12.8 Å². The van der Waals surface area contributed by atoms with E-state index in [-0.39, 0.29) is 12.5 Å². The van der Waals surface area contributed by atoms with Crippen LogP contribution in [0.2, 0.25) is 0 Å². The Kier molecular flexibility index (Phi) is 5.51. The molecule has 3 aromatic rings. The molecule has 5 rings (SSSR count). The van der Waals surface area contributed by atoms with Crippen molar-refractivity contribution >= 4 is 33.3 Å². The van der Waals surface area contributed by atoms with E-state index in [1.54, 1.807) is 11.3 Å². The molecule has 2 fully saturated rings. The number of nitrogens with zero attached hydrogens (tertiary/aromatic N) is 3. The first-order chi connectivity index (χ1) is 15.0. The molecule has 2 aromatic heterocycles. The maximum absolute atomic E-state index is 10.5. The third kappa shape index (κ3) is 3.87. The molecule has 2 aliphatic rings. The van der Waals surface area contributed by atoms with Gasteiger partial charge in [0.1, 0.15) is 16.9 Å². The number of rotatable bonds is 6. The number of hydrogen-bond donors (Lipinski definition) is 5. The van der Waals surface area contributed by atoms with Crippen molar-refractivity contribution in [2.75, 3.05) is 17.2 Å². The van der Waals surface area contributed by atoms with Crippen LogP contribution in [-0.2, 0) is 0 Å². The van der Waals surface area contributed by atoms with Crippen molar-refractivity contribution in [3.8, 4) is 10.6 Å². The Morgan fingerprint density at radius 1 is 1.06 bits per heavy atom. The number of aliphatic hydroxyl groups is 3. The Morgan fingerprint density at radius 2 is 1.87 bits per heavy atom. The number of anilines is 2. The first kappa shape index (κ1) is 20.6. The lowest BCUT2D eigenvalue weighted by Crippen LogP contribution is -2.36. The van der Waals surface area contributed by atoms with Crippen LogP contribution >= 0.6 is 11.3 Å². The van der Waals surface area contributed by atoms with Crippen LogP contribution < -0.4 is 10.6 Å². The highest BCUT2D eigenvalue weighted by atomic mass is 32.1. The van der Waals surface area contributed by atoms with E-state index in [9.17, 15) is 15.3 Å². The zero-order chi connectivity index (χ0) is 21.5. The highest BCUT2D eigenvalue weighted by Gasteiger charge is 2.41. The maximum atomic E-state index is 10.5. The molecule has 0 amide bonds. The summed E-state index contributed by atoms with van der Waals surface area (Å²) in [5.74, 6) is 0.776. The summed E-state index contributed by atoms with van der Waals surface area (Å²) >= 11 is 1.58. The summed E-state index contributed by atoms with van der Waals surface area (Å²) < 4.78 is 1.08. The van der Waals surface area contributed by atoms with E-state index < -0.39 is 18.2 Å². The van der Waals surface area contributed by atoms with Gasteiger partial charge in [-0.2, -0.15) is 4.98 Å². The van der Waals surface area contributed by atoms with E-state index in [4.69, 9.17) is 15.0 Å². The lowest BCUT2D eigenvalue weighted by atomic mass is 9.93. The van der Waals surface area contributed by atoms with Crippen LogP contribution in [0.15, 0.2) is 24.3 Å². The number of fused-ring (bicyclic) bond motifs is 1. The summed E-state index contributed by atoms with van der Waals surface area (Å²) in [4.78, 5) is 14.2. The average Bonchev–Trinajstić information content (AvgIpc) is 3.26. The van der Waals surface area contributed by atoms with Crippen LogP contribution in [0.1, 0.15) is 31.4 Å². The van der Waals surface area contributed by atoms with E-state index in [1.807, 2.05) is 31.2 Å². The first-order valence-electron chi connectivity index (χ1n) is 10.8. The fraction of sp³-hybridized carbons (Fsp3) is 0.500. The third-order valence-corrected chi connectivity index (χ3v) is 7.45. The van der Waals surface area contributed by atoms with E-state index in [0.717, 1.165) is 39.3 Å². The van der Waals surface area contributed by atoms with Gasteiger partial charge in [-0.3, -0.25) is 0 Å². The number of thiazole rings is 1. The number of nitrogens with one attached hydrogen (secondary N) is 2. The standard InChI is InChI=1S/C22H27N5O3S/c1-11-17(21-26-14-7-2-3-8-16(14)31-21)20(27-22(23-11)24-13-5-4-6-13)25-15-9-12(10-28)18(29)19(15)30/h2-3,7-8,12-13,15,18-19,28-30H,4-6,9-10H2,1H3,(H2,23,24,25,27)/t12-,15-,18-,19+/m1/s1. The molecule has 0 saturated heterocycles. The largest absolute Gasteiger partial charge is 0.396 e. The number of benzene rings is 1. The number of aromatic nitrogens is 3. The molecule has 4 atom stereocenters. The molecule has 0 bridgehead atoms. The second-order valence-electron chi connectivity index (χ2n) is 8.53. The van der Waals surface area contributed by atoms with Gasteiger partial charge in [-0.05, 0) is 44.7 Å². The highest BCUT2D eigenvalue weighted by Crippen LogP contribution is 2.38. The fourth-order valence-corrected chi connectivity index (χ4v) is 5.40. The Morgan fingerprint density at radius 3 is 2.55 bits per heavy atom. The zero-order valence-electron chi connectivity index (χ0n) is 17.3. The van der Waals surface area contributed by atoms with Gasteiger partial charge in [0.05, 0.1) is 33.6 Å². The quantitative estimate of drug-likeness (QED) is 0.395. The fourth-order valence-electron chi connectivity index (χ4n) is 4.34. The molecule has 8 nitrogen and oxygen atoms in total. The molecule has 0 spiro atoms. The molecule has 9 heteroatoms. The Bertz CT molecular complexity index is 1050. The van der Waals surface area contributed by atoms with Crippen molar-refractivity contribution in [3.63, 3.8) is 0 Å². The minimum absolute atomic E-state index is 0.168. The van der Waals surface area contributed by atoms with Crippen molar-refractivity contribution in [1.82, 2.24) is 15.0 Å². The van der Waals surface area contributed by atoms with Gasteiger partial charge in [-0.15, -0.1) is 11.3 Å². The van der Waals surface area contributed by atoms with Crippen molar-refractivity contribution < 1.29 is 15.3 Å². The molecule has 0 aliphatic heterocycles. The predicted molar refractivity (Wildman–Crippen MR) is 121 cm³/mol. The monoisotopic (exact) mass is 441 g/mol. The molecule has 0 unspecified atom stereocenters. The van der Waals surface area contributed by atoms with Crippen LogP contribution in [0.5, 0.6) is 0 Å². The normalized spacial score (nSPS) is 26.2. The number of para-hydroxylation sites is 1. The second kappa shape index (κ2) is 8.31. The van der Waals surface area contributed by atoms with Crippen LogP contribution in [0.3, 0.4) is 0 Å². The van der Waals surface area contributed by atoms with Crippen LogP contribution in [-0.4, -0.2) is 61.2 Å². The van der Waals surface area contributed by atoms with E-state index in [1.165, 1.54) is 6.42 Å². The molecule has 164 valence electrons. The van der Waals surface area contributed by atoms with E-state index >= 15 is 0 Å². The van der Waals surface area contributed by atoms with Crippen molar-refractivity contribution in [2.24, 2.45) is 5.92 Å². The summed E-state index contributed by atoms with van der Waals surface area (Å²) in [7, 11) is 0. The SMILES string of the molecule is Cc1nc(NC2CCC2)nc(N[C@@H]2C[C@H](CO)[C@@H](O)[C@H]2O)c1-c1nc2ccccc2s1. The van der Waals surface area contributed by atoms with E-state index in [0.29, 0.717) is 24.2 Å². The molecule has 5 N–H and O–H groups in total. The van der Waals surface area contributed by atoms with Gasteiger partial charge in [-0.1, -0.05) is 12.1 Å². The molecular weight excluding hydrogens is 414 g/mol. The van der Waals surface area contributed by atoms with Gasteiger partial charge >= 0.3 is 0 Å². The predicted octanol–water partition coefficient (Wildman–Crippen LogP) is 2.54.